The molecular formula is C20H22FN3O2S2. The van der Waals surface area contributed by atoms with Crippen LogP contribution in [0.5, 0.6) is 0 Å². The zero-order valence-corrected chi connectivity index (χ0v) is 17.8. The van der Waals surface area contributed by atoms with E-state index < -0.39 is 0 Å². The number of hydrogen-bond donors (Lipinski definition) is 2. The normalized spacial score (nSPS) is 12.5. The van der Waals surface area contributed by atoms with E-state index in [9.17, 15) is 14.0 Å². The Hall–Kier alpha value is -2.19. The van der Waals surface area contributed by atoms with Crippen molar-refractivity contribution in [3.05, 3.63) is 45.3 Å². The number of carbonyl (C=O) groups is 1. The quantitative estimate of drug-likeness (QED) is 0.460. The first-order valence-corrected chi connectivity index (χ1v) is 10.7. The van der Waals surface area contributed by atoms with E-state index in [0.29, 0.717) is 27.8 Å². The third kappa shape index (κ3) is 4.44. The molecule has 2 heterocycles. The summed E-state index contributed by atoms with van der Waals surface area (Å²) < 4.78 is 13.2. The maximum absolute atomic E-state index is 13.2. The molecule has 148 valence electrons. The summed E-state index contributed by atoms with van der Waals surface area (Å²) in [4.78, 5) is 33.8. The fraction of sp³-hybridized carbons (Fsp3) is 0.350. The molecule has 0 fully saturated rings. The molecule has 0 aliphatic rings. The molecule has 1 aromatic carbocycles. The maximum atomic E-state index is 13.2. The van der Waals surface area contributed by atoms with Gasteiger partial charge in [-0.1, -0.05) is 37.7 Å². The second-order valence-corrected chi connectivity index (χ2v) is 9.52. The van der Waals surface area contributed by atoms with Crippen molar-refractivity contribution < 1.29 is 9.18 Å². The lowest BCUT2D eigenvalue weighted by molar-refractivity contribution is -0.120. The number of aromatic nitrogens is 2. The number of nitrogens with zero attached hydrogens (tertiary/aromatic N) is 1. The predicted octanol–water partition coefficient (Wildman–Crippen LogP) is 4.35. The van der Waals surface area contributed by atoms with Crippen molar-refractivity contribution in [2.75, 3.05) is 6.54 Å². The highest BCUT2D eigenvalue weighted by atomic mass is 32.2. The van der Waals surface area contributed by atoms with Gasteiger partial charge in [-0.05, 0) is 37.5 Å². The number of amides is 1. The van der Waals surface area contributed by atoms with Crippen LogP contribution in [0.2, 0.25) is 0 Å². The monoisotopic (exact) mass is 419 g/mol. The van der Waals surface area contributed by atoms with Crippen LogP contribution in [-0.2, 0) is 4.79 Å². The Balaban J connectivity index is 1.91. The van der Waals surface area contributed by atoms with Crippen molar-refractivity contribution in [2.24, 2.45) is 5.92 Å². The Morgan fingerprint density at radius 1 is 1.29 bits per heavy atom. The van der Waals surface area contributed by atoms with Crippen molar-refractivity contribution in [2.45, 2.75) is 38.1 Å². The number of rotatable bonds is 6. The molecule has 0 radical (unpaired) electrons. The summed E-state index contributed by atoms with van der Waals surface area (Å²) in [5, 5.41) is 3.42. The predicted molar refractivity (Wildman–Crippen MR) is 114 cm³/mol. The van der Waals surface area contributed by atoms with Crippen LogP contribution in [-0.4, -0.2) is 27.7 Å². The molecule has 28 heavy (non-hydrogen) atoms. The fourth-order valence-corrected chi connectivity index (χ4v) is 4.71. The Morgan fingerprint density at radius 2 is 1.96 bits per heavy atom. The van der Waals surface area contributed by atoms with Gasteiger partial charge in [0.25, 0.3) is 5.56 Å². The number of thioether (sulfide) groups is 1. The van der Waals surface area contributed by atoms with Gasteiger partial charge in [0.15, 0.2) is 5.16 Å². The standard InChI is InChI=1S/C20H22FN3O2S2/c1-10(2)9-22-17(25)12(4)28-20-23-18(26)16-15(11(3)27-19(16)24-20)13-5-7-14(21)8-6-13/h5-8,10,12H,9H2,1-4H3,(H,22,25)(H,23,24,26)/t12-/m0/s1. The lowest BCUT2D eigenvalue weighted by atomic mass is 10.0. The van der Waals surface area contributed by atoms with Gasteiger partial charge in [0.1, 0.15) is 10.6 Å². The largest absolute Gasteiger partial charge is 0.355 e. The van der Waals surface area contributed by atoms with Crippen LogP contribution in [0.3, 0.4) is 0 Å². The van der Waals surface area contributed by atoms with Crippen molar-refractivity contribution >= 4 is 39.2 Å². The van der Waals surface area contributed by atoms with E-state index in [2.05, 4.69) is 15.3 Å². The second-order valence-electron chi connectivity index (χ2n) is 6.99. The molecule has 0 bridgehead atoms. The molecule has 0 saturated carbocycles. The van der Waals surface area contributed by atoms with E-state index in [0.717, 1.165) is 16.0 Å². The topological polar surface area (TPSA) is 74.8 Å². The van der Waals surface area contributed by atoms with Gasteiger partial charge >= 0.3 is 0 Å². The summed E-state index contributed by atoms with van der Waals surface area (Å²) >= 11 is 2.64. The van der Waals surface area contributed by atoms with Gasteiger partial charge in [-0.3, -0.25) is 9.59 Å². The molecule has 2 aromatic heterocycles. The second kappa shape index (κ2) is 8.45. The van der Waals surface area contributed by atoms with Crippen molar-refractivity contribution in [1.82, 2.24) is 15.3 Å². The number of halogens is 1. The molecule has 3 rings (SSSR count). The highest BCUT2D eigenvalue weighted by Gasteiger charge is 2.20. The third-order valence-electron chi connectivity index (χ3n) is 4.19. The number of aromatic amines is 1. The average Bonchev–Trinajstić information content (AvgIpc) is 2.96. The van der Waals surface area contributed by atoms with Crippen LogP contribution in [0, 0.1) is 18.7 Å². The number of carbonyl (C=O) groups excluding carboxylic acids is 1. The molecule has 1 amide bonds. The molecule has 1 atom stereocenters. The van der Waals surface area contributed by atoms with Crippen LogP contribution in [0.15, 0.2) is 34.2 Å². The summed E-state index contributed by atoms with van der Waals surface area (Å²) in [6.45, 7) is 8.37. The van der Waals surface area contributed by atoms with Gasteiger partial charge in [-0.15, -0.1) is 11.3 Å². The molecule has 0 spiro atoms. The van der Waals surface area contributed by atoms with Crippen LogP contribution < -0.4 is 10.9 Å². The first kappa shape index (κ1) is 20.5. The number of nitrogens with one attached hydrogen (secondary N) is 2. The maximum Gasteiger partial charge on any atom is 0.260 e. The van der Waals surface area contributed by atoms with Gasteiger partial charge < -0.3 is 10.3 Å². The molecule has 5 nitrogen and oxygen atoms in total. The van der Waals surface area contributed by atoms with E-state index in [4.69, 9.17) is 0 Å². The van der Waals surface area contributed by atoms with Crippen LogP contribution in [0.4, 0.5) is 4.39 Å². The van der Waals surface area contributed by atoms with Gasteiger partial charge in [-0.25, -0.2) is 9.37 Å². The number of hydrogen-bond acceptors (Lipinski definition) is 5. The molecule has 8 heteroatoms. The molecule has 3 aromatic rings. The summed E-state index contributed by atoms with van der Waals surface area (Å²) in [6.07, 6.45) is 0. The van der Waals surface area contributed by atoms with Crippen LogP contribution in [0.1, 0.15) is 25.6 Å². The van der Waals surface area contributed by atoms with Gasteiger partial charge in [0.05, 0.1) is 10.6 Å². The van der Waals surface area contributed by atoms with E-state index in [1.54, 1.807) is 19.1 Å². The Labute approximate surface area is 170 Å². The minimum atomic E-state index is -0.378. The molecule has 2 N–H and O–H groups in total. The van der Waals surface area contributed by atoms with E-state index in [1.807, 2.05) is 20.8 Å². The zero-order chi connectivity index (χ0) is 20.4. The highest BCUT2D eigenvalue weighted by molar-refractivity contribution is 8.00. The Morgan fingerprint density at radius 3 is 2.61 bits per heavy atom. The van der Waals surface area contributed by atoms with Crippen molar-refractivity contribution in [1.29, 1.82) is 0 Å². The van der Waals surface area contributed by atoms with E-state index >= 15 is 0 Å². The van der Waals surface area contributed by atoms with Crippen molar-refractivity contribution in [3.63, 3.8) is 0 Å². The summed E-state index contributed by atoms with van der Waals surface area (Å²) in [5.41, 5.74) is 1.29. The first-order valence-electron chi connectivity index (χ1n) is 9.00. The summed E-state index contributed by atoms with van der Waals surface area (Å²) in [7, 11) is 0. The zero-order valence-electron chi connectivity index (χ0n) is 16.1. The molecular weight excluding hydrogens is 397 g/mol. The molecule has 0 unspecified atom stereocenters. The SMILES string of the molecule is Cc1sc2nc(S[C@@H](C)C(=O)NCC(C)C)[nH]c(=O)c2c1-c1ccc(F)cc1. The lowest BCUT2D eigenvalue weighted by Crippen LogP contribution is -2.33. The third-order valence-corrected chi connectivity index (χ3v) is 6.17. The van der Waals surface area contributed by atoms with E-state index in [-0.39, 0.29) is 22.5 Å². The average molecular weight is 420 g/mol. The number of fused-ring (bicyclic) bond motifs is 1. The van der Waals surface area contributed by atoms with Gasteiger partial charge in [0, 0.05) is 17.0 Å². The minimum Gasteiger partial charge on any atom is -0.355 e. The number of benzene rings is 1. The lowest BCUT2D eigenvalue weighted by Gasteiger charge is -2.12. The summed E-state index contributed by atoms with van der Waals surface area (Å²) in [5.74, 6) is -0.0402. The number of thiophene rings is 1. The Bertz CT molecular complexity index is 1060. The number of H-pyrrole nitrogens is 1. The minimum absolute atomic E-state index is 0.0872. The smallest absolute Gasteiger partial charge is 0.260 e. The first-order chi connectivity index (χ1) is 13.3. The van der Waals surface area contributed by atoms with Gasteiger partial charge in [0.2, 0.25) is 5.91 Å². The van der Waals surface area contributed by atoms with Crippen molar-refractivity contribution in [3.8, 4) is 11.1 Å². The molecule has 0 saturated heterocycles. The molecule has 0 aliphatic heterocycles. The van der Waals surface area contributed by atoms with Crippen LogP contribution >= 0.6 is 23.1 Å². The number of aryl methyl sites for hydroxylation is 1. The Kier molecular flexibility index (Phi) is 6.20. The highest BCUT2D eigenvalue weighted by Crippen LogP contribution is 2.36. The fourth-order valence-electron chi connectivity index (χ4n) is 2.79. The van der Waals surface area contributed by atoms with E-state index in [1.165, 1.54) is 35.2 Å². The molecule has 0 aliphatic carbocycles. The van der Waals surface area contributed by atoms with Gasteiger partial charge in [-0.2, -0.15) is 0 Å². The summed E-state index contributed by atoms with van der Waals surface area (Å²) in [6, 6.07) is 6.07. The van der Waals surface area contributed by atoms with Crippen LogP contribution in [0.25, 0.3) is 21.3 Å².